The van der Waals surface area contributed by atoms with Crippen molar-refractivity contribution in [2.45, 2.75) is 17.8 Å². The average molecular weight is 314 g/mol. The van der Waals surface area contributed by atoms with Crippen LogP contribution >= 0.6 is 0 Å². The van der Waals surface area contributed by atoms with Crippen LogP contribution in [0.2, 0.25) is 0 Å². The number of nitrogens with zero attached hydrogens (tertiary/aromatic N) is 2. The molecule has 0 radical (unpaired) electrons. The smallest absolute Gasteiger partial charge is 0.266 e. The van der Waals surface area contributed by atoms with Crippen LogP contribution in [0.4, 0.5) is 8.78 Å². The standard InChI is InChI=1S/C19H20F2N2/c1-4-22-10-11-23(15(3)14(22)2)13-17-12-18(17,19(17,20)21)16-8-6-5-7-9-16/h4-9H,1-3,10-13H2. The molecule has 120 valence electrons. The summed E-state index contributed by atoms with van der Waals surface area (Å²) < 4.78 is 29.2. The lowest BCUT2D eigenvalue weighted by Gasteiger charge is -2.39. The molecule has 1 aromatic rings. The summed E-state index contributed by atoms with van der Waals surface area (Å²) in [5, 5.41) is 0. The van der Waals surface area contributed by atoms with Gasteiger partial charge < -0.3 is 9.80 Å². The number of rotatable bonds is 4. The SMILES string of the molecule is C=CN1CCN(CC23CC2(c2ccccc2)C3(F)F)C(=C)C1=C. The predicted octanol–water partition coefficient (Wildman–Crippen LogP) is 3.75. The number of hydrogen-bond acceptors (Lipinski definition) is 2. The number of piperazine rings is 1. The zero-order chi connectivity index (χ0) is 16.5. The second kappa shape index (κ2) is 4.25. The van der Waals surface area contributed by atoms with Crippen molar-refractivity contribution in [3.8, 4) is 0 Å². The van der Waals surface area contributed by atoms with Crippen molar-refractivity contribution in [3.63, 3.8) is 0 Å². The minimum Gasteiger partial charge on any atom is -0.368 e. The van der Waals surface area contributed by atoms with Gasteiger partial charge in [0.25, 0.3) is 5.92 Å². The van der Waals surface area contributed by atoms with Crippen LogP contribution in [0.1, 0.15) is 12.0 Å². The highest BCUT2D eigenvalue weighted by Gasteiger charge is 3.04. The highest BCUT2D eigenvalue weighted by atomic mass is 19.3. The molecule has 0 aromatic heterocycles. The molecule has 1 heterocycles. The molecule has 1 aliphatic heterocycles. The van der Waals surface area contributed by atoms with E-state index in [9.17, 15) is 8.78 Å². The molecule has 2 nitrogen and oxygen atoms in total. The molecule has 0 amide bonds. The monoisotopic (exact) mass is 314 g/mol. The molecule has 1 saturated heterocycles. The summed E-state index contributed by atoms with van der Waals surface area (Å²) in [6.07, 6.45) is 2.26. The molecule has 3 fully saturated rings. The van der Waals surface area contributed by atoms with Crippen LogP contribution in [0.5, 0.6) is 0 Å². The summed E-state index contributed by atoms with van der Waals surface area (Å²) in [4.78, 5) is 3.88. The van der Waals surface area contributed by atoms with Crippen LogP contribution in [-0.2, 0) is 5.41 Å². The van der Waals surface area contributed by atoms with Crippen molar-refractivity contribution < 1.29 is 8.78 Å². The van der Waals surface area contributed by atoms with Gasteiger partial charge in [0.2, 0.25) is 0 Å². The molecule has 1 aromatic carbocycles. The second-order valence-electron chi connectivity index (χ2n) is 6.80. The minimum atomic E-state index is -2.63. The predicted molar refractivity (Wildman–Crippen MR) is 86.9 cm³/mol. The fourth-order valence-corrected chi connectivity index (χ4v) is 4.32. The lowest BCUT2D eigenvalue weighted by atomic mass is 10.0. The van der Waals surface area contributed by atoms with Crippen LogP contribution in [0.15, 0.2) is 67.7 Å². The van der Waals surface area contributed by atoms with Gasteiger partial charge in [-0.2, -0.15) is 0 Å². The summed E-state index contributed by atoms with van der Waals surface area (Å²) in [7, 11) is 0. The van der Waals surface area contributed by atoms with Gasteiger partial charge in [-0.15, -0.1) is 0 Å². The van der Waals surface area contributed by atoms with E-state index >= 15 is 0 Å². The largest absolute Gasteiger partial charge is 0.368 e. The maximum atomic E-state index is 14.6. The van der Waals surface area contributed by atoms with Crippen LogP contribution in [0, 0.1) is 5.41 Å². The van der Waals surface area contributed by atoms with Gasteiger partial charge in [-0.25, -0.2) is 8.78 Å². The van der Waals surface area contributed by atoms with E-state index in [1.165, 1.54) is 0 Å². The topological polar surface area (TPSA) is 6.48 Å². The van der Waals surface area contributed by atoms with Gasteiger partial charge >= 0.3 is 0 Å². The number of hydrogen-bond donors (Lipinski definition) is 0. The summed E-state index contributed by atoms with van der Waals surface area (Å²) in [5.74, 6) is -2.63. The van der Waals surface area contributed by atoms with E-state index < -0.39 is 16.8 Å². The first-order valence-corrected chi connectivity index (χ1v) is 7.87. The Balaban J connectivity index is 1.56. The van der Waals surface area contributed by atoms with Gasteiger partial charge in [-0.3, -0.25) is 0 Å². The van der Waals surface area contributed by atoms with Crippen LogP contribution in [0.3, 0.4) is 0 Å². The fourth-order valence-electron chi connectivity index (χ4n) is 4.32. The Morgan fingerprint density at radius 1 is 1.09 bits per heavy atom. The Bertz CT molecular complexity index is 711. The molecule has 0 bridgehead atoms. The molecule has 23 heavy (non-hydrogen) atoms. The van der Waals surface area contributed by atoms with Crippen LogP contribution in [0.25, 0.3) is 0 Å². The van der Waals surface area contributed by atoms with Crippen molar-refractivity contribution in [2.24, 2.45) is 5.41 Å². The van der Waals surface area contributed by atoms with Gasteiger partial charge in [0, 0.05) is 19.6 Å². The Morgan fingerprint density at radius 3 is 2.39 bits per heavy atom. The number of alkyl halides is 2. The van der Waals surface area contributed by atoms with E-state index in [2.05, 4.69) is 19.7 Å². The van der Waals surface area contributed by atoms with E-state index in [0.717, 1.165) is 17.0 Å². The van der Waals surface area contributed by atoms with Crippen LogP contribution in [-0.4, -0.2) is 35.4 Å². The first-order valence-electron chi connectivity index (χ1n) is 7.87. The summed E-state index contributed by atoms with van der Waals surface area (Å²) in [6, 6.07) is 9.19. The zero-order valence-corrected chi connectivity index (χ0v) is 13.1. The second-order valence-corrected chi connectivity index (χ2v) is 6.80. The number of halogens is 2. The first-order chi connectivity index (χ1) is 10.9. The van der Waals surface area contributed by atoms with Crippen molar-refractivity contribution in [2.75, 3.05) is 19.6 Å². The highest BCUT2D eigenvalue weighted by molar-refractivity contribution is 5.59. The van der Waals surface area contributed by atoms with Gasteiger partial charge in [0.1, 0.15) is 0 Å². The van der Waals surface area contributed by atoms with E-state index in [-0.39, 0.29) is 0 Å². The molecule has 4 rings (SSSR count). The van der Waals surface area contributed by atoms with Gasteiger partial charge in [0.05, 0.1) is 22.2 Å². The Morgan fingerprint density at radius 2 is 1.78 bits per heavy atom. The van der Waals surface area contributed by atoms with E-state index in [4.69, 9.17) is 0 Å². The molecule has 3 aliphatic rings. The third kappa shape index (κ3) is 1.51. The maximum absolute atomic E-state index is 14.6. The van der Waals surface area contributed by atoms with Gasteiger partial charge in [0.15, 0.2) is 0 Å². The molecule has 0 spiro atoms. The van der Waals surface area contributed by atoms with Gasteiger partial charge in [-0.1, -0.05) is 50.1 Å². The Labute approximate surface area is 135 Å². The lowest BCUT2D eigenvalue weighted by molar-refractivity contribution is 0.00926. The zero-order valence-electron chi connectivity index (χ0n) is 13.1. The molecule has 4 heteroatoms. The fraction of sp³-hybridized carbons (Fsp3) is 0.368. The number of fused-ring (bicyclic) bond motifs is 1. The Kier molecular flexibility index (Phi) is 2.68. The highest BCUT2D eigenvalue weighted by Crippen LogP contribution is 2.94. The van der Waals surface area contributed by atoms with E-state index in [0.29, 0.717) is 26.1 Å². The summed E-state index contributed by atoms with van der Waals surface area (Å²) in [6.45, 7) is 13.5. The third-order valence-corrected chi connectivity index (χ3v) is 5.95. The maximum Gasteiger partial charge on any atom is 0.266 e. The van der Waals surface area contributed by atoms with E-state index in [1.807, 2.05) is 40.1 Å². The first kappa shape index (κ1) is 14.5. The molecule has 2 saturated carbocycles. The summed E-state index contributed by atoms with van der Waals surface area (Å²) in [5.41, 5.74) is 0.346. The molecular weight excluding hydrogens is 294 g/mol. The quantitative estimate of drug-likeness (QED) is 0.835. The van der Waals surface area contributed by atoms with E-state index in [1.54, 1.807) is 6.20 Å². The molecule has 2 unspecified atom stereocenters. The Hall–Kier alpha value is -2.10. The lowest BCUT2D eigenvalue weighted by Crippen LogP contribution is -2.42. The summed E-state index contributed by atoms with van der Waals surface area (Å²) >= 11 is 0. The van der Waals surface area contributed by atoms with Gasteiger partial charge in [-0.05, 0) is 18.2 Å². The molecule has 2 atom stereocenters. The third-order valence-electron chi connectivity index (χ3n) is 5.95. The van der Waals surface area contributed by atoms with Crippen molar-refractivity contribution in [3.05, 3.63) is 73.2 Å². The number of benzene rings is 1. The average Bonchev–Trinajstić information content (AvgIpc) is 3.36. The van der Waals surface area contributed by atoms with Crippen LogP contribution < -0.4 is 0 Å². The normalized spacial score (nSPS) is 34.2. The molecule has 0 N–H and O–H groups in total. The molecule has 2 aliphatic carbocycles. The van der Waals surface area contributed by atoms with Crippen molar-refractivity contribution in [1.82, 2.24) is 9.80 Å². The minimum absolute atomic E-state index is 0.345. The van der Waals surface area contributed by atoms with Crippen molar-refractivity contribution >= 4 is 0 Å². The van der Waals surface area contributed by atoms with Crippen molar-refractivity contribution in [1.29, 1.82) is 0 Å². The molecular formula is C19H20F2N2.